The molecule has 28 heavy (non-hydrogen) atoms. The third-order valence-electron chi connectivity index (χ3n) is 4.54. The van der Waals surface area contributed by atoms with Crippen molar-refractivity contribution in [1.29, 1.82) is 0 Å². The third-order valence-corrected chi connectivity index (χ3v) is 5.96. The minimum Gasteiger partial charge on any atom is -0.493 e. The van der Waals surface area contributed by atoms with E-state index in [1.54, 1.807) is 26.4 Å². The molecule has 0 radical (unpaired) electrons. The number of hydrogen-bond acceptors (Lipinski definition) is 7. The Balaban J connectivity index is 1.80. The van der Waals surface area contributed by atoms with E-state index in [-0.39, 0.29) is 24.3 Å². The second-order valence-corrected chi connectivity index (χ2v) is 8.23. The summed E-state index contributed by atoms with van der Waals surface area (Å²) in [5.74, 6) is 2.16. The number of fused-ring (bicyclic) bond motifs is 1. The van der Waals surface area contributed by atoms with Crippen molar-refractivity contribution in [2.24, 2.45) is 0 Å². The summed E-state index contributed by atoms with van der Waals surface area (Å²) in [7, 11) is 3.19. The number of methoxy groups -OCH3 is 2. The van der Waals surface area contributed by atoms with Crippen molar-refractivity contribution in [1.82, 2.24) is 9.62 Å². The molecule has 1 atom stereocenters. The van der Waals surface area contributed by atoms with Crippen LogP contribution in [0.1, 0.15) is 11.6 Å². The fraction of sp³-hybridized carbons (Fsp3) is 0.368. The highest BCUT2D eigenvalue weighted by Crippen LogP contribution is 2.34. The van der Waals surface area contributed by atoms with E-state index in [1.165, 1.54) is 12.1 Å². The molecule has 0 saturated carbocycles. The lowest BCUT2D eigenvalue weighted by Crippen LogP contribution is -2.34. The second-order valence-electron chi connectivity index (χ2n) is 6.46. The average molecular weight is 408 g/mol. The first kappa shape index (κ1) is 20.2. The van der Waals surface area contributed by atoms with Crippen LogP contribution in [0.4, 0.5) is 0 Å². The smallest absolute Gasteiger partial charge is 0.240 e. The molecule has 9 heteroatoms. The van der Waals surface area contributed by atoms with Crippen molar-refractivity contribution in [2.75, 3.05) is 41.7 Å². The Morgan fingerprint density at radius 2 is 1.75 bits per heavy atom. The maximum absolute atomic E-state index is 12.7. The first-order valence-electron chi connectivity index (χ1n) is 8.63. The summed E-state index contributed by atoms with van der Waals surface area (Å²) in [4.78, 5) is 2.06. The maximum Gasteiger partial charge on any atom is 0.240 e. The summed E-state index contributed by atoms with van der Waals surface area (Å²) < 4.78 is 49.3. The van der Waals surface area contributed by atoms with Gasteiger partial charge < -0.3 is 23.8 Å². The SMILES string of the molecule is COc1ccc([C@@H](CNS(=O)(=O)c2ccc3c(c2)OCO3)N(C)C)cc1OC. The van der Waals surface area contributed by atoms with Gasteiger partial charge in [-0.3, -0.25) is 0 Å². The van der Waals surface area contributed by atoms with Crippen LogP contribution in [-0.4, -0.2) is 55.0 Å². The number of benzene rings is 2. The number of likely N-dealkylation sites (N-methyl/N-ethyl adjacent to an activating group) is 1. The zero-order chi connectivity index (χ0) is 20.3. The van der Waals surface area contributed by atoms with Gasteiger partial charge >= 0.3 is 0 Å². The highest BCUT2D eigenvalue weighted by Gasteiger charge is 2.23. The summed E-state index contributed by atoms with van der Waals surface area (Å²) in [6, 6.07) is 9.89. The minimum atomic E-state index is -3.72. The molecule has 1 N–H and O–H groups in total. The zero-order valence-corrected chi connectivity index (χ0v) is 17.1. The van der Waals surface area contributed by atoms with Crippen molar-refractivity contribution in [3.63, 3.8) is 0 Å². The Labute approximate surface area is 165 Å². The third kappa shape index (κ3) is 4.16. The predicted octanol–water partition coefficient (Wildman–Crippen LogP) is 2.01. The molecule has 2 aromatic carbocycles. The molecule has 8 nitrogen and oxygen atoms in total. The molecule has 0 spiro atoms. The van der Waals surface area contributed by atoms with Gasteiger partial charge in [0.25, 0.3) is 0 Å². The number of nitrogens with zero attached hydrogens (tertiary/aromatic N) is 1. The van der Waals surface area contributed by atoms with Crippen molar-refractivity contribution in [3.8, 4) is 23.0 Å². The highest BCUT2D eigenvalue weighted by atomic mass is 32.2. The Bertz CT molecular complexity index is 945. The van der Waals surface area contributed by atoms with E-state index in [0.717, 1.165) is 5.56 Å². The van der Waals surface area contributed by atoms with Crippen LogP contribution < -0.4 is 23.7 Å². The van der Waals surface area contributed by atoms with Gasteiger partial charge in [0.15, 0.2) is 23.0 Å². The lowest BCUT2D eigenvalue weighted by Gasteiger charge is -2.25. The van der Waals surface area contributed by atoms with Gasteiger partial charge in [-0.15, -0.1) is 0 Å². The summed E-state index contributed by atoms with van der Waals surface area (Å²) in [6.07, 6.45) is 0. The molecule has 0 amide bonds. The second kappa shape index (κ2) is 8.26. The molecule has 1 aliphatic rings. The molecule has 152 valence electrons. The fourth-order valence-corrected chi connectivity index (χ4v) is 4.03. The molecular formula is C19H24N2O6S. The first-order valence-corrected chi connectivity index (χ1v) is 10.1. The Morgan fingerprint density at radius 1 is 1.04 bits per heavy atom. The molecule has 0 aliphatic carbocycles. The number of nitrogens with one attached hydrogen (secondary N) is 1. The van der Waals surface area contributed by atoms with Gasteiger partial charge in [0.1, 0.15) is 0 Å². The minimum absolute atomic E-state index is 0.0915. The molecule has 0 bridgehead atoms. The Hall–Kier alpha value is -2.49. The van der Waals surface area contributed by atoms with Crippen molar-refractivity contribution in [2.45, 2.75) is 10.9 Å². The van der Waals surface area contributed by atoms with E-state index in [4.69, 9.17) is 18.9 Å². The molecular weight excluding hydrogens is 384 g/mol. The standard InChI is InChI=1S/C19H24N2O6S/c1-21(2)15(13-5-7-16(24-3)18(9-13)25-4)11-20-28(22,23)14-6-8-17-19(10-14)27-12-26-17/h5-10,15,20H,11-12H2,1-4H3/t15-/m1/s1. The van der Waals surface area contributed by atoms with Crippen LogP contribution >= 0.6 is 0 Å². The molecule has 2 aromatic rings. The van der Waals surface area contributed by atoms with Crippen LogP contribution in [-0.2, 0) is 10.0 Å². The highest BCUT2D eigenvalue weighted by molar-refractivity contribution is 7.89. The Morgan fingerprint density at radius 3 is 2.43 bits per heavy atom. The van der Waals surface area contributed by atoms with Gasteiger partial charge in [0, 0.05) is 18.7 Å². The number of sulfonamides is 1. The van der Waals surface area contributed by atoms with Crippen LogP contribution in [0.25, 0.3) is 0 Å². The molecule has 1 heterocycles. The topological polar surface area (TPSA) is 86.3 Å². The van der Waals surface area contributed by atoms with Crippen LogP contribution in [0.5, 0.6) is 23.0 Å². The van der Waals surface area contributed by atoms with Crippen LogP contribution in [0.3, 0.4) is 0 Å². The van der Waals surface area contributed by atoms with Gasteiger partial charge in [-0.25, -0.2) is 13.1 Å². The van der Waals surface area contributed by atoms with Crippen molar-refractivity contribution in [3.05, 3.63) is 42.0 Å². The Kier molecular flexibility index (Phi) is 5.97. The van der Waals surface area contributed by atoms with Crippen molar-refractivity contribution >= 4 is 10.0 Å². The van der Waals surface area contributed by atoms with E-state index in [1.807, 2.05) is 31.1 Å². The zero-order valence-electron chi connectivity index (χ0n) is 16.3. The quantitative estimate of drug-likeness (QED) is 0.715. The lowest BCUT2D eigenvalue weighted by atomic mass is 10.1. The largest absolute Gasteiger partial charge is 0.493 e. The maximum atomic E-state index is 12.7. The predicted molar refractivity (Wildman–Crippen MR) is 104 cm³/mol. The monoisotopic (exact) mass is 408 g/mol. The summed E-state index contributed by atoms with van der Waals surface area (Å²) in [5, 5.41) is 0. The van der Waals surface area contributed by atoms with Crippen molar-refractivity contribution < 1.29 is 27.4 Å². The average Bonchev–Trinajstić information content (AvgIpc) is 3.15. The van der Waals surface area contributed by atoms with Crippen LogP contribution in [0, 0.1) is 0 Å². The van der Waals surface area contributed by atoms with Gasteiger partial charge in [-0.2, -0.15) is 0 Å². The van der Waals surface area contributed by atoms with Gasteiger partial charge in [0.05, 0.1) is 19.1 Å². The van der Waals surface area contributed by atoms with E-state index in [9.17, 15) is 8.42 Å². The molecule has 3 rings (SSSR count). The lowest BCUT2D eigenvalue weighted by molar-refractivity contribution is 0.174. The summed E-state index contributed by atoms with van der Waals surface area (Å²) in [5.41, 5.74) is 0.899. The normalized spacial score (nSPS) is 14.2. The van der Waals surface area contributed by atoms with Gasteiger partial charge in [-0.1, -0.05) is 6.07 Å². The van der Waals surface area contributed by atoms with Crippen LogP contribution in [0.2, 0.25) is 0 Å². The van der Waals surface area contributed by atoms with Gasteiger partial charge in [0.2, 0.25) is 16.8 Å². The van der Waals surface area contributed by atoms with E-state index in [2.05, 4.69) is 4.72 Å². The number of ether oxygens (including phenoxy) is 4. The molecule has 1 aliphatic heterocycles. The summed E-state index contributed by atoms with van der Waals surface area (Å²) >= 11 is 0. The molecule has 0 fully saturated rings. The number of hydrogen-bond donors (Lipinski definition) is 1. The van der Waals surface area contributed by atoms with Gasteiger partial charge in [-0.05, 0) is 43.9 Å². The van der Waals surface area contributed by atoms with Crippen LogP contribution in [0.15, 0.2) is 41.3 Å². The fourth-order valence-electron chi connectivity index (χ4n) is 2.97. The van der Waals surface area contributed by atoms with E-state index < -0.39 is 10.0 Å². The molecule has 0 unspecified atom stereocenters. The van der Waals surface area contributed by atoms with E-state index >= 15 is 0 Å². The molecule has 0 saturated heterocycles. The summed E-state index contributed by atoms with van der Waals surface area (Å²) in [6.45, 7) is 0.271. The number of rotatable bonds is 8. The van der Waals surface area contributed by atoms with E-state index in [0.29, 0.717) is 23.0 Å². The molecule has 0 aromatic heterocycles. The first-order chi connectivity index (χ1) is 13.4.